The van der Waals surface area contributed by atoms with Gasteiger partial charge >= 0.3 is 39.5 Å². The molecule has 0 rings (SSSR count). The van der Waals surface area contributed by atoms with Crippen LogP contribution in [0.5, 0.6) is 0 Å². The summed E-state index contributed by atoms with van der Waals surface area (Å²) in [5, 5.41) is 10.6. The summed E-state index contributed by atoms with van der Waals surface area (Å²) in [6.07, 6.45) is 37.7. The van der Waals surface area contributed by atoms with Crippen molar-refractivity contribution in [1.29, 1.82) is 0 Å². The molecular formula is C67H130O17P2. The quantitative estimate of drug-likeness (QED) is 0.0222. The number of hydrogen-bond donors (Lipinski definition) is 3. The monoisotopic (exact) mass is 1270 g/mol. The first kappa shape index (κ1) is 84.1. The highest BCUT2D eigenvalue weighted by atomic mass is 31.2. The Balaban J connectivity index is 5.23. The van der Waals surface area contributed by atoms with Gasteiger partial charge in [0.1, 0.15) is 19.3 Å². The van der Waals surface area contributed by atoms with E-state index in [4.69, 9.17) is 37.0 Å². The highest BCUT2D eigenvalue weighted by molar-refractivity contribution is 7.47. The van der Waals surface area contributed by atoms with Gasteiger partial charge in [0.25, 0.3) is 0 Å². The fourth-order valence-corrected chi connectivity index (χ4v) is 11.5. The van der Waals surface area contributed by atoms with Gasteiger partial charge in [0, 0.05) is 25.7 Å². The number of esters is 4. The van der Waals surface area contributed by atoms with Crippen molar-refractivity contribution in [2.24, 2.45) is 23.7 Å². The number of rotatable bonds is 64. The molecule has 6 atom stereocenters. The molecule has 0 aliphatic rings. The largest absolute Gasteiger partial charge is 0.472 e. The van der Waals surface area contributed by atoms with Gasteiger partial charge in [-0.2, -0.15) is 0 Å². The highest BCUT2D eigenvalue weighted by Gasteiger charge is 2.30. The van der Waals surface area contributed by atoms with Crippen LogP contribution in [0.25, 0.3) is 0 Å². The number of unbranched alkanes of at least 4 members (excludes halogenated alkanes) is 29. The Hall–Kier alpha value is -1.94. The summed E-state index contributed by atoms with van der Waals surface area (Å²) in [6, 6.07) is 0. The van der Waals surface area contributed by atoms with Crippen LogP contribution in [-0.4, -0.2) is 96.7 Å². The zero-order chi connectivity index (χ0) is 63.9. The fourth-order valence-electron chi connectivity index (χ4n) is 9.93. The molecule has 3 N–H and O–H groups in total. The van der Waals surface area contributed by atoms with Gasteiger partial charge in [-0.15, -0.1) is 0 Å². The van der Waals surface area contributed by atoms with Crippen LogP contribution in [-0.2, 0) is 65.4 Å². The van der Waals surface area contributed by atoms with Crippen LogP contribution in [0, 0.1) is 23.7 Å². The topological polar surface area (TPSA) is 237 Å². The van der Waals surface area contributed by atoms with Crippen LogP contribution in [0.2, 0.25) is 0 Å². The number of hydrogen-bond acceptors (Lipinski definition) is 15. The Kier molecular flexibility index (Phi) is 55.7. The zero-order valence-corrected chi connectivity index (χ0v) is 57.7. The Morgan fingerprint density at radius 1 is 0.326 bits per heavy atom. The molecule has 0 saturated heterocycles. The van der Waals surface area contributed by atoms with E-state index in [0.29, 0.717) is 37.5 Å². The molecule has 3 unspecified atom stereocenters. The summed E-state index contributed by atoms with van der Waals surface area (Å²) < 4.78 is 68.1. The molecule has 0 spiro atoms. The second kappa shape index (κ2) is 57.0. The van der Waals surface area contributed by atoms with Crippen molar-refractivity contribution in [3.05, 3.63) is 0 Å². The zero-order valence-electron chi connectivity index (χ0n) is 55.9. The van der Waals surface area contributed by atoms with Crippen LogP contribution in [0.15, 0.2) is 0 Å². The van der Waals surface area contributed by atoms with Crippen molar-refractivity contribution in [2.45, 2.75) is 343 Å². The molecule has 0 fully saturated rings. The van der Waals surface area contributed by atoms with Crippen LogP contribution in [0.3, 0.4) is 0 Å². The summed E-state index contributed by atoms with van der Waals surface area (Å²) in [6.45, 7) is 14.0. The standard InChI is InChI=1S/C67H130O17P2/c1-9-60(8)46-38-30-21-16-17-22-31-39-47-64(69)77-53-62(84-67(72)50-42-34-24-18-20-28-36-44-58(4)5)55-81-85(73,74)79-51-61(68)52-80-86(75,76)82-56-63(54-78-65(70)48-40-32-26-25-29-37-45-59(6)7)83-66(71)49-41-33-23-15-13-11-10-12-14-19-27-35-43-57(2)3/h57-63,68H,9-56H2,1-8H3,(H,73,74)(H,75,76)/t60?,61-,62-,63-/m1/s1. The van der Waals surface area contributed by atoms with Crippen molar-refractivity contribution in [3.63, 3.8) is 0 Å². The van der Waals surface area contributed by atoms with E-state index in [0.717, 1.165) is 108 Å². The highest BCUT2D eigenvalue weighted by Crippen LogP contribution is 2.45. The molecule has 86 heavy (non-hydrogen) atoms. The minimum atomic E-state index is -4.95. The first-order chi connectivity index (χ1) is 41.1. The molecule has 0 aliphatic heterocycles. The molecule has 0 heterocycles. The van der Waals surface area contributed by atoms with Gasteiger partial charge in [0.05, 0.1) is 26.4 Å². The van der Waals surface area contributed by atoms with E-state index in [1.807, 2.05) is 0 Å². The molecule has 0 saturated carbocycles. The molecule has 19 heteroatoms. The van der Waals surface area contributed by atoms with E-state index >= 15 is 0 Å². The predicted octanol–water partition coefficient (Wildman–Crippen LogP) is 18.5. The Bertz CT molecular complexity index is 1720. The molecule has 0 radical (unpaired) electrons. The van der Waals surface area contributed by atoms with Gasteiger partial charge in [-0.05, 0) is 49.4 Å². The average Bonchev–Trinajstić information content (AvgIpc) is 3.66. The Labute approximate surface area is 524 Å². The van der Waals surface area contributed by atoms with Gasteiger partial charge in [0.15, 0.2) is 12.2 Å². The minimum Gasteiger partial charge on any atom is -0.462 e. The van der Waals surface area contributed by atoms with E-state index in [2.05, 4.69) is 55.4 Å². The molecule has 0 aromatic carbocycles. The lowest BCUT2D eigenvalue weighted by atomic mass is 9.99. The van der Waals surface area contributed by atoms with E-state index in [1.54, 1.807) is 0 Å². The van der Waals surface area contributed by atoms with Gasteiger partial charge in [-0.25, -0.2) is 9.13 Å². The first-order valence-electron chi connectivity index (χ1n) is 34.7. The number of aliphatic hydroxyl groups is 1. The summed E-state index contributed by atoms with van der Waals surface area (Å²) in [7, 11) is -9.90. The maximum Gasteiger partial charge on any atom is 0.472 e. The smallest absolute Gasteiger partial charge is 0.462 e. The molecule has 510 valence electrons. The van der Waals surface area contributed by atoms with Crippen molar-refractivity contribution in [3.8, 4) is 0 Å². The van der Waals surface area contributed by atoms with Gasteiger partial charge in [-0.3, -0.25) is 37.3 Å². The molecule has 0 bridgehead atoms. The molecule has 0 aliphatic carbocycles. The van der Waals surface area contributed by atoms with E-state index in [1.165, 1.54) is 122 Å². The number of phosphoric ester groups is 2. The third kappa shape index (κ3) is 59.7. The van der Waals surface area contributed by atoms with Crippen LogP contribution in [0.1, 0.15) is 325 Å². The number of carbonyl (C=O) groups excluding carboxylic acids is 4. The van der Waals surface area contributed by atoms with Crippen LogP contribution >= 0.6 is 15.6 Å². The second-order valence-corrected chi connectivity index (χ2v) is 28.8. The van der Waals surface area contributed by atoms with Gasteiger partial charge in [0.2, 0.25) is 0 Å². The maximum absolute atomic E-state index is 13.0. The third-order valence-corrected chi connectivity index (χ3v) is 17.6. The maximum atomic E-state index is 13.0. The normalized spacial score (nSPS) is 14.7. The minimum absolute atomic E-state index is 0.102. The lowest BCUT2D eigenvalue weighted by molar-refractivity contribution is -0.161. The van der Waals surface area contributed by atoms with Gasteiger partial charge in [-0.1, -0.05) is 274 Å². The van der Waals surface area contributed by atoms with Gasteiger partial charge < -0.3 is 33.8 Å². The molecular weight excluding hydrogens is 1140 g/mol. The van der Waals surface area contributed by atoms with E-state index < -0.39 is 97.5 Å². The van der Waals surface area contributed by atoms with Crippen molar-refractivity contribution >= 4 is 39.5 Å². The van der Waals surface area contributed by atoms with Crippen LogP contribution < -0.4 is 0 Å². The SMILES string of the molecule is CCC(C)CCCCCCCCCCC(=O)OC[C@H](COP(=O)(O)OC[C@@H](O)COP(=O)(O)OC[C@@H](COC(=O)CCCCCCCCC(C)C)OC(=O)CCCCCCCCCCCCCCC(C)C)OC(=O)CCCCCCCCCC(C)C. The molecule has 0 amide bonds. The summed E-state index contributed by atoms with van der Waals surface area (Å²) in [5.41, 5.74) is 0. The third-order valence-electron chi connectivity index (χ3n) is 15.7. The Morgan fingerprint density at radius 2 is 0.558 bits per heavy atom. The predicted molar refractivity (Wildman–Crippen MR) is 344 cm³/mol. The number of ether oxygens (including phenoxy) is 4. The van der Waals surface area contributed by atoms with Crippen molar-refractivity contribution in [2.75, 3.05) is 39.6 Å². The summed E-state index contributed by atoms with van der Waals surface area (Å²) in [4.78, 5) is 72.3. The number of aliphatic hydroxyl groups excluding tert-OH is 1. The molecule has 17 nitrogen and oxygen atoms in total. The average molecular weight is 1270 g/mol. The molecule has 0 aromatic rings. The summed E-state index contributed by atoms with van der Waals surface area (Å²) >= 11 is 0. The lowest BCUT2D eigenvalue weighted by Gasteiger charge is -2.21. The van der Waals surface area contributed by atoms with Crippen molar-refractivity contribution < 1.29 is 80.2 Å². The van der Waals surface area contributed by atoms with E-state index in [-0.39, 0.29) is 25.7 Å². The number of phosphoric acid groups is 2. The summed E-state index contributed by atoms with van der Waals surface area (Å²) in [5.74, 6) is 0.792. The first-order valence-corrected chi connectivity index (χ1v) is 37.7. The van der Waals surface area contributed by atoms with Crippen molar-refractivity contribution in [1.82, 2.24) is 0 Å². The van der Waals surface area contributed by atoms with E-state index in [9.17, 15) is 43.2 Å². The number of carbonyl (C=O) groups is 4. The second-order valence-electron chi connectivity index (χ2n) is 25.9. The fraction of sp³-hybridized carbons (Fsp3) is 0.940. The van der Waals surface area contributed by atoms with Crippen LogP contribution in [0.4, 0.5) is 0 Å². The Morgan fingerprint density at radius 3 is 0.826 bits per heavy atom. The molecule has 0 aromatic heterocycles. The lowest BCUT2D eigenvalue weighted by Crippen LogP contribution is -2.30.